The van der Waals surface area contributed by atoms with Crippen molar-refractivity contribution in [3.63, 3.8) is 0 Å². The molecule has 0 amide bonds. The highest BCUT2D eigenvalue weighted by atomic mass is 16.1. The van der Waals surface area contributed by atoms with Gasteiger partial charge < -0.3 is 4.57 Å². The summed E-state index contributed by atoms with van der Waals surface area (Å²) in [5, 5.41) is 0. The Morgan fingerprint density at radius 3 is 2.62 bits per heavy atom. The number of aryl methyl sites for hydroxylation is 2. The maximum atomic E-state index is 10.9. The van der Waals surface area contributed by atoms with E-state index in [0.29, 0.717) is 0 Å². The van der Waals surface area contributed by atoms with Crippen LogP contribution in [0.3, 0.4) is 0 Å². The van der Waals surface area contributed by atoms with Crippen LogP contribution in [0.4, 0.5) is 0 Å². The minimum absolute atomic E-state index is 0.737. The van der Waals surface area contributed by atoms with E-state index in [1.807, 2.05) is 39.1 Å². The number of rotatable bonds is 2. The number of carbonyl (C=O) groups excluding carboxylic acids is 1. The maximum Gasteiger partial charge on any atom is 0.151 e. The maximum absolute atomic E-state index is 10.9. The van der Waals surface area contributed by atoms with Crippen LogP contribution in [0.5, 0.6) is 0 Å². The van der Waals surface area contributed by atoms with Gasteiger partial charge in [-0.25, -0.2) is 0 Å². The second kappa shape index (κ2) is 3.93. The number of aromatic nitrogens is 2. The van der Waals surface area contributed by atoms with Crippen molar-refractivity contribution >= 4 is 6.29 Å². The highest BCUT2D eigenvalue weighted by Gasteiger charge is 2.11. The topological polar surface area (TPSA) is 34.9 Å². The minimum atomic E-state index is 0.737. The van der Waals surface area contributed by atoms with Crippen molar-refractivity contribution in [1.29, 1.82) is 0 Å². The molecule has 3 heteroatoms. The van der Waals surface area contributed by atoms with Crippen molar-refractivity contribution in [2.75, 3.05) is 0 Å². The fraction of sp³-hybridized carbons (Fsp3) is 0.231. The molecule has 0 saturated heterocycles. The van der Waals surface area contributed by atoms with E-state index >= 15 is 0 Å². The molecule has 2 rings (SSSR count). The van der Waals surface area contributed by atoms with Crippen molar-refractivity contribution in [2.24, 2.45) is 0 Å². The molecule has 3 nitrogen and oxygen atoms in total. The number of pyridine rings is 1. The quantitative estimate of drug-likeness (QED) is 0.720. The van der Waals surface area contributed by atoms with Gasteiger partial charge in [-0.05, 0) is 38.5 Å². The first kappa shape index (κ1) is 10.6. The molecule has 2 aromatic rings. The third-order valence-corrected chi connectivity index (χ3v) is 2.85. The molecule has 0 unspecified atom stereocenters. The van der Waals surface area contributed by atoms with E-state index in [-0.39, 0.29) is 0 Å². The zero-order valence-electron chi connectivity index (χ0n) is 9.69. The SMILES string of the molecule is Cc1ccncc1-n1c(C)cc(C=O)c1C. The highest BCUT2D eigenvalue weighted by Crippen LogP contribution is 2.21. The molecule has 0 saturated carbocycles. The summed E-state index contributed by atoms with van der Waals surface area (Å²) in [5.41, 5.74) is 4.93. The molecular formula is C13H14N2O. The summed E-state index contributed by atoms with van der Waals surface area (Å²) < 4.78 is 2.06. The average molecular weight is 214 g/mol. The number of hydrogen-bond donors (Lipinski definition) is 0. The van der Waals surface area contributed by atoms with Crippen molar-refractivity contribution in [2.45, 2.75) is 20.8 Å². The molecule has 2 aromatic heterocycles. The highest BCUT2D eigenvalue weighted by molar-refractivity contribution is 5.77. The van der Waals surface area contributed by atoms with Crippen LogP contribution in [0.25, 0.3) is 5.69 Å². The van der Waals surface area contributed by atoms with Crippen LogP contribution in [0, 0.1) is 20.8 Å². The van der Waals surface area contributed by atoms with E-state index in [9.17, 15) is 4.79 Å². The first-order valence-corrected chi connectivity index (χ1v) is 5.20. The van der Waals surface area contributed by atoms with Gasteiger partial charge >= 0.3 is 0 Å². The largest absolute Gasteiger partial charge is 0.316 e. The second-order valence-electron chi connectivity index (χ2n) is 3.94. The molecular weight excluding hydrogens is 200 g/mol. The van der Waals surface area contributed by atoms with Crippen LogP contribution >= 0.6 is 0 Å². The van der Waals surface area contributed by atoms with Gasteiger partial charge in [-0.3, -0.25) is 9.78 Å². The Balaban J connectivity index is 2.69. The lowest BCUT2D eigenvalue weighted by atomic mass is 10.2. The van der Waals surface area contributed by atoms with E-state index in [0.717, 1.165) is 34.5 Å². The fourth-order valence-electron chi connectivity index (χ4n) is 1.97. The van der Waals surface area contributed by atoms with Crippen LogP contribution < -0.4 is 0 Å². The van der Waals surface area contributed by atoms with Gasteiger partial charge in [0.05, 0.1) is 11.9 Å². The van der Waals surface area contributed by atoms with Gasteiger partial charge in [-0.1, -0.05) is 0 Å². The lowest BCUT2D eigenvalue weighted by molar-refractivity contribution is 0.112. The molecule has 0 N–H and O–H groups in total. The standard InChI is InChI=1S/C13H14N2O/c1-9-4-5-14-7-13(9)15-10(2)6-12(8-16)11(15)3/h4-8H,1-3H3. The van der Waals surface area contributed by atoms with Gasteiger partial charge in [0.15, 0.2) is 6.29 Å². The first-order chi connectivity index (χ1) is 7.65. The predicted molar refractivity (Wildman–Crippen MR) is 63.2 cm³/mol. The van der Waals surface area contributed by atoms with Crippen LogP contribution in [0.1, 0.15) is 27.3 Å². The molecule has 0 aromatic carbocycles. The lowest BCUT2D eigenvalue weighted by Crippen LogP contribution is -2.02. The van der Waals surface area contributed by atoms with Gasteiger partial charge in [0.2, 0.25) is 0 Å². The van der Waals surface area contributed by atoms with Crippen LogP contribution in [-0.2, 0) is 0 Å². The third kappa shape index (κ3) is 1.54. The van der Waals surface area contributed by atoms with Crippen molar-refractivity contribution in [3.05, 3.63) is 47.0 Å². The predicted octanol–water partition coefficient (Wildman–Crippen LogP) is 2.61. The molecule has 82 valence electrons. The van der Waals surface area contributed by atoms with Gasteiger partial charge in [0, 0.05) is 23.1 Å². The van der Waals surface area contributed by atoms with E-state index < -0.39 is 0 Å². The fourth-order valence-corrected chi connectivity index (χ4v) is 1.97. The number of aldehydes is 1. The van der Waals surface area contributed by atoms with E-state index in [4.69, 9.17) is 0 Å². The van der Waals surface area contributed by atoms with Gasteiger partial charge in [-0.2, -0.15) is 0 Å². The van der Waals surface area contributed by atoms with E-state index in [2.05, 4.69) is 9.55 Å². The molecule has 0 aliphatic rings. The number of nitrogens with zero attached hydrogens (tertiary/aromatic N) is 2. The van der Waals surface area contributed by atoms with Crippen molar-refractivity contribution in [1.82, 2.24) is 9.55 Å². The number of carbonyl (C=O) groups is 1. The summed E-state index contributed by atoms with van der Waals surface area (Å²) in [6.07, 6.45) is 4.49. The normalized spacial score (nSPS) is 10.4. The molecule has 0 radical (unpaired) electrons. The van der Waals surface area contributed by atoms with Crippen molar-refractivity contribution < 1.29 is 4.79 Å². The molecule has 0 atom stereocenters. The Kier molecular flexibility index (Phi) is 2.60. The summed E-state index contributed by atoms with van der Waals surface area (Å²) in [6.45, 7) is 5.98. The third-order valence-electron chi connectivity index (χ3n) is 2.85. The Labute approximate surface area is 94.7 Å². The summed E-state index contributed by atoms with van der Waals surface area (Å²) in [4.78, 5) is 15.0. The monoisotopic (exact) mass is 214 g/mol. The Hall–Kier alpha value is -1.90. The van der Waals surface area contributed by atoms with Gasteiger partial charge in [0.1, 0.15) is 0 Å². The molecule has 16 heavy (non-hydrogen) atoms. The van der Waals surface area contributed by atoms with Gasteiger partial charge in [-0.15, -0.1) is 0 Å². The number of hydrogen-bond acceptors (Lipinski definition) is 2. The van der Waals surface area contributed by atoms with Crippen molar-refractivity contribution in [3.8, 4) is 5.69 Å². The average Bonchev–Trinajstić information content (AvgIpc) is 2.55. The molecule has 0 aliphatic carbocycles. The lowest BCUT2D eigenvalue weighted by Gasteiger charge is -2.11. The van der Waals surface area contributed by atoms with Crippen LogP contribution in [0.15, 0.2) is 24.5 Å². The Morgan fingerprint density at radius 1 is 1.31 bits per heavy atom. The summed E-state index contributed by atoms with van der Waals surface area (Å²) in [5.74, 6) is 0. The van der Waals surface area contributed by atoms with Crippen LogP contribution in [-0.4, -0.2) is 15.8 Å². The molecule has 0 spiro atoms. The molecule has 0 bridgehead atoms. The summed E-state index contributed by atoms with van der Waals surface area (Å²) in [6, 6.07) is 3.86. The van der Waals surface area contributed by atoms with Crippen LogP contribution in [0.2, 0.25) is 0 Å². The Bertz CT molecular complexity index is 541. The van der Waals surface area contributed by atoms with Gasteiger partial charge in [0.25, 0.3) is 0 Å². The van der Waals surface area contributed by atoms with E-state index in [1.165, 1.54) is 0 Å². The first-order valence-electron chi connectivity index (χ1n) is 5.20. The molecule has 2 heterocycles. The summed E-state index contributed by atoms with van der Waals surface area (Å²) >= 11 is 0. The summed E-state index contributed by atoms with van der Waals surface area (Å²) in [7, 11) is 0. The van der Waals surface area contributed by atoms with E-state index in [1.54, 1.807) is 6.20 Å². The second-order valence-corrected chi connectivity index (χ2v) is 3.94. The molecule has 0 fully saturated rings. The zero-order chi connectivity index (χ0) is 11.7. The molecule has 0 aliphatic heterocycles. The zero-order valence-corrected chi connectivity index (χ0v) is 9.69. The smallest absolute Gasteiger partial charge is 0.151 e. The Morgan fingerprint density at radius 2 is 2.06 bits per heavy atom. The minimum Gasteiger partial charge on any atom is -0.316 e.